The van der Waals surface area contributed by atoms with Crippen LogP contribution in [0.5, 0.6) is 5.75 Å². The molecule has 2 amide bonds. The first-order valence-corrected chi connectivity index (χ1v) is 48.3. The molecular formula is C113H101N21O5. The van der Waals surface area contributed by atoms with Crippen molar-refractivity contribution < 1.29 is 24.0 Å². The second kappa shape index (κ2) is 36.3. The summed E-state index contributed by atoms with van der Waals surface area (Å²) in [5, 5.41) is 8.27. The van der Waals surface area contributed by atoms with Crippen LogP contribution in [0.15, 0.2) is 194 Å². The highest BCUT2D eigenvalue weighted by molar-refractivity contribution is 6.10. The van der Waals surface area contributed by atoms with Crippen LogP contribution in [0.1, 0.15) is 181 Å². The molecule has 139 heavy (non-hydrogen) atoms. The van der Waals surface area contributed by atoms with Gasteiger partial charge in [0.1, 0.15) is 56.6 Å². The molecule has 1 fully saturated rings. The molecule has 6 N–H and O–H groups in total. The molecule has 24 rings (SSSR count). The number of hydroxylamine groups is 2. The Balaban J connectivity index is 0.000000122. The van der Waals surface area contributed by atoms with Crippen LogP contribution in [0.25, 0.3) is 224 Å². The summed E-state index contributed by atoms with van der Waals surface area (Å²) in [5.41, 5.74) is 34.6. The fraction of sp³-hybridized carbons (Fsp3) is 0.230. The lowest BCUT2D eigenvalue weighted by molar-refractivity contribution is -0.197. The molecule has 26 nitrogen and oxygen atoms in total. The second-order valence-corrected chi connectivity index (χ2v) is 35.8. The van der Waals surface area contributed by atoms with Gasteiger partial charge in [0, 0.05) is 129 Å². The summed E-state index contributed by atoms with van der Waals surface area (Å²) >= 11 is 0. The van der Waals surface area contributed by atoms with Crippen LogP contribution in [0.4, 0.5) is 0 Å². The molecule has 16 heterocycles. The minimum Gasteiger partial charge on any atom is -0.489 e. The number of aryl methyl sites for hydroxylation is 7. The number of hydrogen-bond donors (Lipinski definition) is 6. The molecule has 24 bridgehead atoms. The topological polar surface area (TPSA) is 348 Å². The summed E-state index contributed by atoms with van der Waals surface area (Å²) < 4.78 is 6.86. The first-order chi connectivity index (χ1) is 67.9. The zero-order chi connectivity index (χ0) is 95.1. The largest absolute Gasteiger partial charge is 0.489 e. The van der Waals surface area contributed by atoms with Crippen LogP contribution < -0.4 is 4.74 Å². The number of imide groups is 1. The van der Waals surface area contributed by atoms with E-state index in [2.05, 4.69) is 179 Å². The monoisotopic (exact) mass is 1830 g/mol. The lowest BCUT2D eigenvalue weighted by Crippen LogP contribution is -2.31. The average molecular weight is 1830 g/mol. The van der Waals surface area contributed by atoms with Crippen molar-refractivity contribution in [1.29, 1.82) is 0 Å². The maximum absolute atomic E-state index is 12.4. The maximum atomic E-state index is 12.4. The van der Waals surface area contributed by atoms with Crippen molar-refractivity contribution >= 4 is 150 Å². The number of benzene rings is 8. The van der Waals surface area contributed by atoms with Gasteiger partial charge in [0.2, 0.25) is 0 Å². The normalized spacial score (nSPS) is 13.0. The molecule has 7 aliphatic rings. The fourth-order valence-corrected chi connectivity index (χ4v) is 20.5. The molecule has 7 aliphatic heterocycles. The third-order valence-electron chi connectivity index (χ3n) is 27.2. The number of carbonyl (C=O) groups excluding carboxylic acids is 3. The van der Waals surface area contributed by atoms with E-state index >= 15 is 0 Å². The maximum Gasteiger partial charge on any atom is 0.333 e. The fourth-order valence-electron chi connectivity index (χ4n) is 20.5. The lowest BCUT2D eigenvalue weighted by atomic mass is 9.96. The van der Waals surface area contributed by atoms with E-state index in [0.717, 1.165) is 200 Å². The number of nitrogens with one attached hydrogen (secondary N) is 6. The van der Waals surface area contributed by atoms with E-state index in [0.29, 0.717) is 128 Å². The summed E-state index contributed by atoms with van der Waals surface area (Å²) in [6.07, 6.45) is 9.13. The molecule has 688 valence electrons. The minimum atomic E-state index is -0.578. The number of aromatic nitrogens is 20. The number of fused-ring (bicyclic) bond motifs is 48. The van der Waals surface area contributed by atoms with E-state index in [9.17, 15) is 14.4 Å². The summed E-state index contributed by atoms with van der Waals surface area (Å²) in [4.78, 5) is 134. The summed E-state index contributed by atoms with van der Waals surface area (Å²) in [6.45, 7) is 24.4. The molecule has 0 unspecified atom stereocenters. The molecule has 0 aliphatic carbocycles. The molecule has 0 radical (unpaired) electrons. The van der Waals surface area contributed by atoms with Crippen LogP contribution in [0.3, 0.4) is 0 Å². The van der Waals surface area contributed by atoms with Gasteiger partial charge in [-0.15, -0.1) is 5.06 Å². The third kappa shape index (κ3) is 15.8. The molecule has 1 saturated heterocycles. The molecule has 0 saturated carbocycles. The van der Waals surface area contributed by atoms with Gasteiger partial charge in [-0.05, 0) is 172 Å². The van der Waals surface area contributed by atoms with Crippen molar-refractivity contribution in [3.8, 4) is 96.9 Å². The number of nitrogens with zero attached hydrogens (tertiary/aromatic N) is 15. The van der Waals surface area contributed by atoms with Crippen molar-refractivity contribution in [1.82, 2.24) is 105 Å². The second-order valence-electron chi connectivity index (χ2n) is 35.8. The Hall–Kier alpha value is -16.5. The van der Waals surface area contributed by atoms with Crippen molar-refractivity contribution in [3.63, 3.8) is 0 Å². The molecule has 9 aromatic heterocycles. The predicted molar refractivity (Wildman–Crippen MR) is 551 cm³/mol. The number of hydrogen-bond acceptors (Lipinski definition) is 19. The van der Waals surface area contributed by atoms with E-state index < -0.39 is 17.8 Å². The smallest absolute Gasteiger partial charge is 0.333 e. The Morgan fingerprint density at radius 1 is 0.295 bits per heavy atom. The van der Waals surface area contributed by atoms with E-state index in [1.165, 1.54) is 44.5 Å². The number of aromatic amines is 6. The third-order valence-corrected chi connectivity index (χ3v) is 27.2. The van der Waals surface area contributed by atoms with Gasteiger partial charge in [0.25, 0.3) is 11.8 Å². The van der Waals surface area contributed by atoms with Gasteiger partial charge in [0.15, 0.2) is 52.3 Å². The number of rotatable bonds is 16. The minimum absolute atomic E-state index is 0.0778. The summed E-state index contributed by atoms with van der Waals surface area (Å²) in [7, 11) is 0. The average Bonchev–Trinajstić information content (AvgIpc) is 1.60. The molecule has 0 atom stereocenters. The van der Waals surface area contributed by atoms with E-state index in [4.69, 9.17) is 79.4 Å². The first kappa shape index (κ1) is 87.8. The summed E-state index contributed by atoms with van der Waals surface area (Å²) in [5.74, 6) is 4.01. The number of carbonyl (C=O) groups is 3. The molecular weight excluding hydrogens is 1730 g/mol. The summed E-state index contributed by atoms with van der Waals surface area (Å²) in [6, 6.07) is 66.0. The Bertz CT molecular complexity index is 8380. The zero-order valence-electron chi connectivity index (χ0n) is 79.3. The van der Waals surface area contributed by atoms with Gasteiger partial charge in [-0.2, -0.15) is 0 Å². The van der Waals surface area contributed by atoms with Crippen LogP contribution in [-0.4, -0.2) is 129 Å². The Labute approximate surface area is 799 Å². The van der Waals surface area contributed by atoms with Crippen LogP contribution >= 0.6 is 0 Å². The van der Waals surface area contributed by atoms with Gasteiger partial charge >= 0.3 is 5.97 Å². The van der Waals surface area contributed by atoms with Crippen molar-refractivity contribution in [2.45, 2.75) is 166 Å². The highest BCUT2D eigenvalue weighted by Crippen LogP contribution is 2.48. The van der Waals surface area contributed by atoms with Gasteiger partial charge in [-0.1, -0.05) is 230 Å². The van der Waals surface area contributed by atoms with Gasteiger partial charge in [0.05, 0.1) is 18.0 Å². The Morgan fingerprint density at radius 2 is 0.576 bits per heavy atom. The van der Waals surface area contributed by atoms with Crippen LogP contribution in [-0.2, 0) is 44.9 Å². The standard InChI is InChI=1S/C46H59N5O5.C34H22N8.C33H20N8/c1-9-27-29(11-3)37-25-39-31(13-5)33(15-7)44(49-39)46(55-23-19-17-18-20-43(54)56-51-41(52)21-22-42(51)53)45-34(16-8)32(14-6)40(50-45)26-38-30(12-4)28(10-2)36(48-38)24-35(27)47-37;1-17-11-13-23-25(15-17)33-39-29-21-9-5-3-7-19(21)28(35-29)38-32-24-14-12-18(2)16-26(24)34(42-32)40-30-22-10-6-4-8-20(22)27(36-30)37-31(23)41-33;1-17-14-15-24-25(16-17)33-40-31-23-13-7-6-12-22(23)29(38-31)36-27-19-9-3-2-8-18(19)26(34-27)35-28-20-10-4-5-11-21(20)30(37-28)39-32(24)41-33/h24-26,47-48H,9-23H2,1-8H3;3-16H,1-2H3,(H2,35,36,37,38,39,40,41,42);2-16H,1H3,(H2,34,35,36,37,38,39,40,41). The number of unbranched alkanes of at least 4 members (excludes halogenated alkanes) is 2. The Kier molecular flexibility index (Phi) is 22.9. The lowest BCUT2D eigenvalue weighted by Gasteiger charge is -2.14. The number of allylic oxidation sites excluding steroid dienone is 4. The molecule has 8 aromatic carbocycles. The predicted octanol–water partition coefficient (Wildman–Crippen LogP) is 25.2. The molecule has 0 spiro atoms. The highest BCUT2D eigenvalue weighted by atomic mass is 16.7. The van der Waals surface area contributed by atoms with Crippen LogP contribution in [0, 0.1) is 20.8 Å². The highest BCUT2D eigenvalue weighted by Gasteiger charge is 2.35. The van der Waals surface area contributed by atoms with E-state index in [-0.39, 0.29) is 19.3 Å². The number of ether oxygens (including phenoxy) is 1. The first-order valence-electron chi connectivity index (χ1n) is 48.3. The quantitative estimate of drug-likeness (QED) is 0.0386. The van der Waals surface area contributed by atoms with Crippen molar-refractivity contribution in [2.75, 3.05) is 6.61 Å². The molecule has 26 heteroatoms. The SMILES string of the molecule is CCC1=C(CC)c2nc1cc1[nH]c(cc3[nH]c(cc4nc(c2OCCCCCC(=O)ON2C(=O)CCC2=O)C(CC)=C4CC)c(CC)c3CC)c(CC)c1CC.Cc1ccc2c(c1)-c1nc-2nc2[nH]c(nc3nc(nc4[nH]c(n1)c1ccccc41)-c1ccc(C)cc1-3)c1ccccc21.Cc1ccc2c(c1)-c1nc-2nc2[nH]c(nc3nc(nc4[nH]c(n1)c1ccccc41)-c1ccccc1-3)c1ccccc21. The van der Waals surface area contributed by atoms with Crippen molar-refractivity contribution in [2.24, 2.45) is 0 Å². The van der Waals surface area contributed by atoms with E-state index in [1.54, 1.807) is 0 Å². The Morgan fingerprint density at radius 3 is 0.871 bits per heavy atom. The van der Waals surface area contributed by atoms with E-state index in [1.807, 2.05) is 121 Å². The van der Waals surface area contributed by atoms with Gasteiger partial charge in [-0.25, -0.2) is 74.6 Å². The van der Waals surface area contributed by atoms with Crippen molar-refractivity contribution in [3.05, 3.63) is 256 Å². The van der Waals surface area contributed by atoms with Gasteiger partial charge < -0.3 is 39.5 Å². The molecule has 17 aromatic rings. The van der Waals surface area contributed by atoms with Gasteiger partial charge in [-0.3, -0.25) is 9.59 Å². The zero-order valence-corrected chi connectivity index (χ0v) is 79.3. The van der Waals surface area contributed by atoms with Crippen LogP contribution in [0.2, 0.25) is 0 Å². The number of amides is 2. The number of H-pyrrole nitrogens is 6.